The van der Waals surface area contributed by atoms with Crippen LogP contribution in [0.5, 0.6) is 11.5 Å². The molecule has 30 heavy (non-hydrogen) atoms. The molecule has 1 aliphatic rings. The van der Waals surface area contributed by atoms with Gasteiger partial charge in [0, 0.05) is 43.0 Å². The zero-order valence-corrected chi connectivity index (χ0v) is 17.7. The van der Waals surface area contributed by atoms with Gasteiger partial charge in [-0.15, -0.1) is 0 Å². The van der Waals surface area contributed by atoms with E-state index >= 15 is 0 Å². The van der Waals surface area contributed by atoms with Crippen molar-refractivity contribution >= 4 is 27.7 Å². The minimum atomic E-state index is -0.173. The van der Waals surface area contributed by atoms with E-state index in [1.165, 1.54) is 18.6 Å². The number of hydrogen-bond donors (Lipinski definition) is 0. The molecule has 152 valence electrons. The topological polar surface area (TPSA) is 75.6 Å². The van der Waals surface area contributed by atoms with Crippen LogP contribution in [0.2, 0.25) is 0 Å². The fraction of sp³-hybridized carbons (Fsp3) is 0.182. The van der Waals surface area contributed by atoms with E-state index in [0.29, 0.717) is 48.9 Å². The first-order chi connectivity index (χ1) is 14.6. The van der Waals surface area contributed by atoms with Crippen LogP contribution in [0.4, 0.5) is 0 Å². The maximum atomic E-state index is 13.1. The molecule has 2 aromatic carbocycles. The fourth-order valence-electron chi connectivity index (χ4n) is 3.24. The van der Waals surface area contributed by atoms with Crippen molar-refractivity contribution in [3.05, 3.63) is 82.9 Å². The number of halogens is 1. The van der Waals surface area contributed by atoms with Crippen molar-refractivity contribution < 1.29 is 14.3 Å². The van der Waals surface area contributed by atoms with Gasteiger partial charge in [0.05, 0.1) is 11.8 Å². The molecule has 0 atom stereocenters. The third kappa shape index (κ3) is 4.49. The second kappa shape index (κ2) is 9.04. The fourth-order valence-corrected chi connectivity index (χ4v) is 3.62. The molecular formula is C22H19BrN4O3. The number of piperazine rings is 1. The molecule has 0 N–H and O–H groups in total. The molecule has 0 aliphatic carbocycles. The lowest BCUT2D eigenvalue weighted by atomic mass is 10.1. The number of amides is 2. The number of rotatable bonds is 4. The first-order valence-electron chi connectivity index (χ1n) is 9.49. The minimum Gasteiger partial charge on any atom is -0.456 e. The standard InChI is InChI=1S/C22H19BrN4O3/c23-16-4-3-5-17(14-16)30-20-7-2-1-6-18(20)21(28)26-10-12-27(13-11-26)22(29)19-15-24-8-9-25-19/h1-9,14-15H,10-13H2. The summed E-state index contributed by atoms with van der Waals surface area (Å²) in [5.41, 5.74) is 0.802. The number of benzene rings is 2. The Labute approximate surface area is 182 Å². The SMILES string of the molecule is O=C(c1cnccn1)N1CCN(C(=O)c2ccccc2Oc2cccc(Br)c2)CC1. The molecule has 0 spiro atoms. The predicted molar refractivity (Wildman–Crippen MR) is 114 cm³/mol. The third-order valence-electron chi connectivity index (χ3n) is 4.78. The van der Waals surface area contributed by atoms with Gasteiger partial charge in [0.2, 0.25) is 0 Å². The number of aromatic nitrogens is 2. The summed E-state index contributed by atoms with van der Waals surface area (Å²) in [6, 6.07) is 14.6. The van der Waals surface area contributed by atoms with Gasteiger partial charge in [0.15, 0.2) is 0 Å². The van der Waals surface area contributed by atoms with E-state index in [2.05, 4.69) is 25.9 Å². The summed E-state index contributed by atoms with van der Waals surface area (Å²) in [6.45, 7) is 1.76. The molecule has 0 bridgehead atoms. The summed E-state index contributed by atoms with van der Waals surface area (Å²) in [5, 5.41) is 0. The molecule has 1 aromatic heterocycles. The molecule has 4 rings (SSSR count). The summed E-state index contributed by atoms with van der Waals surface area (Å²) in [4.78, 5) is 37.1. The maximum Gasteiger partial charge on any atom is 0.274 e. The summed E-state index contributed by atoms with van der Waals surface area (Å²) in [5.74, 6) is 0.850. The van der Waals surface area contributed by atoms with E-state index in [4.69, 9.17) is 4.74 Å². The van der Waals surface area contributed by atoms with Crippen molar-refractivity contribution in [2.24, 2.45) is 0 Å². The van der Waals surface area contributed by atoms with Gasteiger partial charge >= 0.3 is 0 Å². The summed E-state index contributed by atoms with van der Waals surface area (Å²) < 4.78 is 6.86. The van der Waals surface area contributed by atoms with Crippen LogP contribution in [0.1, 0.15) is 20.8 Å². The van der Waals surface area contributed by atoms with Crippen LogP contribution in [0.15, 0.2) is 71.6 Å². The number of ether oxygens (including phenoxy) is 1. The van der Waals surface area contributed by atoms with Crippen molar-refractivity contribution in [2.75, 3.05) is 26.2 Å². The van der Waals surface area contributed by atoms with Gasteiger partial charge in [-0.25, -0.2) is 4.98 Å². The van der Waals surface area contributed by atoms with Crippen molar-refractivity contribution in [1.82, 2.24) is 19.8 Å². The van der Waals surface area contributed by atoms with Crippen LogP contribution in [-0.2, 0) is 0 Å². The second-order valence-electron chi connectivity index (χ2n) is 6.73. The molecule has 3 aromatic rings. The average Bonchev–Trinajstić information content (AvgIpc) is 2.79. The third-order valence-corrected chi connectivity index (χ3v) is 5.27. The Morgan fingerprint density at radius 1 is 0.900 bits per heavy atom. The molecule has 2 amide bonds. The van der Waals surface area contributed by atoms with Crippen LogP contribution in [0.3, 0.4) is 0 Å². The first-order valence-corrected chi connectivity index (χ1v) is 10.3. The van der Waals surface area contributed by atoms with E-state index in [-0.39, 0.29) is 11.8 Å². The van der Waals surface area contributed by atoms with Gasteiger partial charge in [-0.3, -0.25) is 14.6 Å². The molecule has 1 saturated heterocycles. The molecule has 7 nitrogen and oxygen atoms in total. The van der Waals surface area contributed by atoms with E-state index in [0.717, 1.165) is 4.47 Å². The van der Waals surface area contributed by atoms with Gasteiger partial charge in [0.1, 0.15) is 17.2 Å². The van der Waals surface area contributed by atoms with Crippen molar-refractivity contribution in [1.29, 1.82) is 0 Å². The quantitative estimate of drug-likeness (QED) is 0.586. The second-order valence-corrected chi connectivity index (χ2v) is 7.65. The van der Waals surface area contributed by atoms with E-state index in [1.807, 2.05) is 36.4 Å². The van der Waals surface area contributed by atoms with Crippen LogP contribution in [-0.4, -0.2) is 57.8 Å². The lowest BCUT2D eigenvalue weighted by Crippen LogP contribution is -2.50. The zero-order valence-electron chi connectivity index (χ0n) is 16.1. The van der Waals surface area contributed by atoms with Gasteiger partial charge in [-0.2, -0.15) is 0 Å². The molecule has 2 heterocycles. The minimum absolute atomic E-state index is 0.118. The lowest BCUT2D eigenvalue weighted by Gasteiger charge is -2.34. The van der Waals surface area contributed by atoms with Crippen LogP contribution < -0.4 is 4.74 Å². The highest BCUT2D eigenvalue weighted by Gasteiger charge is 2.27. The predicted octanol–water partition coefficient (Wildman–Crippen LogP) is 3.63. The van der Waals surface area contributed by atoms with E-state index in [1.54, 1.807) is 21.9 Å². The highest BCUT2D eigenvalue weighted by atomic mass is 79.9. The van der Waals surface area contributed by atoms with Gasteiger partial charge in [-0.05, 0) is 30.3 Å². The Balaban J connectivity index is 1.44. The summed E-state index contributed by atoms with van der Waals surface area (Å²) in [6.07, 6.45) is 4.48. The van der Waals surface area contributed by atoms with Gasteiger partial charge in [0.25, 0.3) is 11.8 Å². The zero-order chi connectivity index (χ0) is 20.9. The highest BCUT2D eigenvalue weighted by molar-refractivity contribution is 9.10. The molecule has 0 radical (unpaired) electrons. The Morgan fingerprint density at radius 2 is 1.63 bits per heavy atom. The van der Waals surface area contributed by atoms with Crippen molar-refractivity contribution in [2.45, 2.75) is 0 Å². The van der Waals surface area contributed by atoms with Gasteiger partial charge in [-0.1, -0.05) is 34.1 Å². The lowest BCUT2D eigenvalue weighted by molar-refractivity contribution is 0.0530. The Bertz CT molecular complexity index is 1050. The monoisotopic (exact) mass is 466 g/mol. The molecule has 1 fully saturated rings. The average molecular weight is 467 g/mol. The number of carbonyl (C=O) groups excluding carboxylic acids is 2. The largest absolute Gasteiger partial charge is 0.456 e. The Hall–Kier alpha value is -3.26. The normalized spacial score (nSPS) is 13.8. The van der Waals surface area contributed by atoms with Gasteiger partial charge < -0.3 is 14.5 Å². The van der Waals surface area contributed by atoms with E-state index < -0.39 is 0 Å². The summed E-state index contributed by atoms with van der Waals surface area (Å²) in [7, 11) is 0. The van der Waals surface area contributed by atoms with Crippen molar-refractivity contribution in [3.63, 3.8) is 0 Å². The first kappa shape index (κ1) is 20.0. The molecule has 1 aliphatic heterocycles. The highest BCUT2D eigenvalue weighted by Crippen LogP contribution is 2.28. The van der Waals surface area contributed by atoms with Crippen LogP contribution in [0, 0.1) is 0 Å². The van der Waals surface area contributed by atoms with Crippen LogP contribution in [0.25, 0.3) is 0 Å². The Kier molecular flexibility index (Phi) is 6.04. The molecule has 8 heteroatoms. The number of nitrogens with zero attached hydrogens (tertiary/aromatic N) is 4. The smallest absolute Gasteiger partial charge is 0.274 e. The maximum absolute atomic E-state index is 13.1. The molecular weight excluding hydrogens is 448 g/mol. The van der Waals surface area contributed by atoms with Crippen molar-refractivity contribution in [3.8, 4) is 11.5 Å². The summed E-state index contributed by atoms with van der Waals surface area (Å²) >= 11 is 3.42. The molecule has 0 saturated carbocycles. The van der Waals surface area contributed by atoms with Crippen LogP contribution >= 0.6 is 15.9 Å². The number of para-hydroxylation sites is 1. The Morgan fingerprint density at radius 3 is 2.33 bits per heavy atom. The van der Waals surface area contributed by atoms with E-state index in [9.17, 15) is 9.59 Å². The number of hydrogen-bond acceptors (Lipinski definition) is 5. The molecule has 0 unspecified atom stereocenters. The number of carbonyl (C=O) groups is 2.